The molecule has 0 aliphatic carbocycles. The van der Waals surface area contributed by atoms with Crippen molar-refractivity contribution in [3.63, 3.8) is 0 Å². The summed E-state index contributed by atoms with van der Waals surface area (Å²) in [5, 5.41) is 9.56. The summed E-state index contributed by atoms with van der Waals surface area (Å²) in [5.41, 5.74) is -0.979. The maximum Gasteiger partial charge on any atom is 0.408 e. The van der Waals surface area contributed by atoms with Crippen LogP contribution in [0.2, 0.25) is 0 Å². The van der Waals surface area contributed by atoms with E-state index in [4.69, 9.17) is 4.74 Å². The smallest absolute Gasteiger partial charge is 0.408 e. The Morgan fingerprint density at radius 2 is 1.70 bits per heavy atom. The molecule has 1 fully saturated rings. The van der Waals surface area contributed by atoms with Gasteiger partial charge < -0.3 is 25.6 Å². The zero-order valence-corrected chi connectivity index (χ0v) is 18.5. The lowest BCUT2D eigenvalue weighted by molar-refractivity contribution is 0.0474. The first-order chi connectivity index (χ1) is 12.4. The van der Waals surface area contributed by atoms with E-state index >= 15 is 0 Å². The summed E-state index contributed by atoms with van der Waals surface area (Å²) in [4.78, 5) is 21.1. The summed E-state index contributed by atoms with van der Waals surface area (Å²) in [6, 6.07) is 0.435. The monoisotopic (exact) mass is 384 g/mol. The van der Waals surface area contributed by atoms with Crippen LogP contribution in [-0.2, 0) is 4.74 Å². The van der Waals surface area contributed by atoms with Gasteiger partial charge in [0, 0.05) is 52.4 Å². The molecule has 1 saturated heterocycles. The Morgan fingerprint density at radius 3 is 2.22 bits per heavy atom. The van der Waals surface area contributed by atoms with Crippen LogP contribution in [-0.4, -0.2) is 92.4 Å². The molecule has 0 radical (unpaired) electrons. The van der Waals surface area contributed by atoms with E-state index in [1.54, 1.807) is 7.05 Å². The highest BCUT2D eigenvalue weighted by molar-refractivity contribution is 5.79. The number of nitrogens with one attached hydrogen (secondary N) is 3. The highest BCUT2D eigenvalue weighted by Gasteiger charge is 2.25. The molecular weight excluding hydrogens is 344 g/mol. The SMILES string of the molecule is CN=C(NCC(C)N1CCN(C)CC1)NCC(C)(C)NC(=O)OC(C)(C)C. The number of carbonyl (C=O) groups is 1. The summed E-state index contributed by atoms with van der Waals surface area (Å²) in [7, 11) is 3.92. The summed E-state index contributed by atoms with van der Waals surface area (Å²) in [6.45, 7) is 17.5. The van der Waals surface area contributed by atoms with Crippen LogP contribution in [0, 0.1) is 0 Å². The van der Waals surface area contributed by atoms with Gasteiger partial charge in [0.05, 0.1) is 5.54 Å². The number of alkyl carbamates (subject to hydrolysis) is 1. The molecule has 27 heavy (non-hydrogen) atoms. The standard InChI is InChI=1S/C19H40N6O2/c1-15(25-11-9-24(8)10-12-25)13-21-16(20-7)22-14-19(5,6)23-17(26)27-18(2,3)4/h15H,9-14H2,1-8H3,(H,23,26)(H2,20,21,22). The van der Waals surface area contributed by atoms with Gasteiger partial charge in [-0.3, -0.25) is 9.89 Å². The van der Waals surface area contributed by atoms with Crippen molar-refractivity contribution in [1.29, 1.82) is 0 Å². The van der Waals surface area contributed by atoms with Crippen molar-refractivity contribution in [1.82, 2.24) is 25.8 Å². The van der Waals surface area contributed by atoms with Gasteiger partial charge in [0.15, 0.2) is 5.96 Å². The van der Waals surface area contributed by atoms with Crippen molar-refractivity contribution in [2.24, 2.45) is 4.99 Å². The summed E-state index contributed by atoms with van der Waals surface area (Å²) in [5.74, 6) is 0.732. The first-order valence-corrected chi connectivity index (χ1v) is 9.80. The first kappa shape index (κ1) is 23.5. The molecule has 0 aromatic carbocycles. The van der Waals surface area contributed by atoms with Gasteiger partial charge >= 0.3 is 6.09 Å². The van der Waals surface area contributed by atoms with Crippen molar-refractivity contribution in [2.75, 3.05) is 53.4 Å². The molecule has 0 saturated carbocycles. The molecule has 1 aliphatic heterocycles. The molecule has 8 heteroatoms. The predicted molar refractivity (Wildman–Crippen MR) is 111 cm³/mol. The average molecular weight is 385 g/mol. The Kier molecular flexibility index (Phi) is 8.81. The van der Waals surface area contributed by atoms with Gasteiger partial charge in [-0.25, -0.2) is 4.79 Å². The van der Waals surface area contributed by atoms with Crippen molar-refractivity contribution >= 4 is 12.1 Å². The first-order valence-electron chi connectivity index (χ1n) is 9.80. The number of ether oxygens (including phenoxy) is 1. The van der Waals surface area contributed by atoms with Crippen LogP contribution in [0.5, 0.6) is 0 Å². The van der Waals surface area contributed by atoms with E-state index in [-0.39, 0.29) is 0 Å². The zero-order valence-electron chi connectivity index (χ0n) is 18.5. The molecule has 0 spiro atoms. The number of piperazine rings is 1. The lowest BCUT2D eigenvalue weighted by atomic mass is 10.1. The molecule has 0 aromatic rings. The molecule has 1 aliphatic rings. The second kappa shape index (κ2) is 10.1. The Morgan fingerprint density at radius 1 is 1.11 bits per heavy atom. The second-order valence-electron chi connectivity index (χ2n) is 9.01. The molecule has 1 rings (SSSR count). The number of hydrogen-bond donors (Lipinski definition) is 3. The van der Waals surface area contributed by atoms with E-state index in [1.165, 1.54) is 0 Å². The molecule has 8 nitrogen and oxygen atoms in total. The van der Waals surface area contributed by atoms with Gasteiger partial charge in [0.1, 0.15) is 5.60 Å². The number of guanidine groups is 1. The van der Waals surface area contributed by atoms with Crippen LogP contribution in [0.3, 0.4) is 0 Å². The van der Waals surface area contributed by atoms with Crippen LogP contribution in [0.15, 0.2) is 4.99 Å². The summed E-state index contributed by atoms with van der Waals surface area (Å²) < 4.78 is 5.33. The van der Waals surface area contributed by atoms with Crippen molar-refractivity contribution < 1.29 is 9.53 Å². The molecule has 1 heterocycles. The fourth-order valence-corrected chi connectivity index (χ4v) is 2.79. The van der Waals surface area contributed by atoms with Crippen LogP contribution < -0.4 is 16.0 Å². The maximum atomic E-state index is 12.0. The summed E-state index contributed by atoms with van der Waals surface area (Å²) in [6.07, 6.45) is -0.416. The number of aliphatic imine (C=N–C) groups is 1. The largest absolute Gasteiger partial charge is 0.444 e. The fraction of sp³-hybridized carbons (Fsp3) is 0.895. The van der Waals surface area contributed by atoms with Gasteiger partial charge in [0.2, 0.25) is 0 Å². The number of rotatable bonds is 6. The van der Waals surface area contributed by atoms with Crippen LogP contribution in [0.25, 0.3) is 0 Å². The van der Waals surface area contributed by atoms with Crippen molar-refractivity contribution in [3.05, 3.63) is 0 Å². The Bertz CT molecular complexity index is 493. The number of hydrogen-bond acceptors (Lipinski definition) is 5. The topological polar surface area (TPSA) is 81.2 Å². The number of nitrogens with zero attached hydrogens (tertiary/aromatic N) is 3. The fourth-order valence-electron chi connectivity index (χ4n) is 2.79. The van der Waals surface area contributed by atoms with Crippen LogP contribution in [0.1, 0.15) is 41.5 Å². The molecule has 1 atom stereocenters. The average Bonchev–Trinajstić information content (AvgIpc) is 2.52. The highest BCUT2D eigenvalue weighted by Crippen LogP contribution is 2.09. The van der Waals surface area contributed by atoms with E-state index in [9.17, 15) is 4.79 Å². The lowest BCUT2D eigenvalue weighted by Gasteiger charge is -2.36. The molecule has 1 amide bonds. The minimum Gasteiger partial charge on any atom is -0.444 e. The molecule has 158 valence electrons. The van der Waals surface area contributed by atoms with Crippen LogP contribution in [0.4, 0.5) is 4.79 Å². The quantitative estimate of drug-likeness (QED) is 0.470. The zero-order chi connectivity index (χ0) is 20.7. The minimum atomic E-state index is -0.509. The second-order valence-corrected chi connectivity index (χ2v) is 9.01. The van der Waals surface area contributed by atoms with Gasteiger partial charge in [-0.15, -0.1) is 0 Å². The Hall–Kier alpha value is -1.54. The molecule has 3 N–H and O–H groups in total. The molecular formula is C19H40N6O2. The molecule has 1 unspecified atom stereocenters. The van der Waals surface area contributed by atoms with E-state index in [0.29, 0.717) is 12.6 Å². The Balaban J connectivity index is 2.39. The summed E-state index contributed by atoms with van der Waals surface area (Å²) >= 11 is 0. The lowest BCUT2D eigenvalue weighted by Crippen LogP contribution is -2.55. The highest BCUT2D eigenvalue weighted by atomic mass is 16.6. The third-order valence-electron chi connectivity index (χ3n) is 4.49. The van der Waals surface area contributed by atoms with Crippen molar-refractivity contribution in [3.8, 4) is 0 Å². The third kappa shape index (κ3) is 9.81. The van der Waals surface area contributed by atoms with Gasteiger partial charge in [-0.05, 0) is 48.6 Å². The Labute approximate surface area is 165 Å². The third-order valence-corrected chi connectivity index (χ3v) is 4.49. The van der Waals surface area contributed by atoms with E-state index in [0.717, 1.165) is 38.7 Å². The molecule has 0 aromatic heterocycles. The van der Waals surface area contributed by atoms with Crippen LogP contribution >= 0.6 is 0 Å². The number of carbonyl (C=O) groups excluding carboxylic acids is 1. The predicted octanol–water partition coefficient (Wildman–Crippen LogP) is 1.09. The number of likely N-dealkylation sites (N-methyl/N-ethyl adjacent to an activating group) is 1. The normalized spacial score (nSPS) is 18.7. The van der Waals surface area contributed by atoms with Crippen molar-refractivity contribution in [2.45, 2.75) is 58.7 Å². The van der Waals surface area contributed by atoms with Gasteiger partial charge in [-0.1, -0.05) is 0 Å². The maximum absolute atomic E-state index is 12.0. The van der Waals surface area contributed by atoms with Gasteiger partial charge in [-0.2, -0.15) is 0 Å². The van der Waals surface area contributed by atoms with E-state index in [1.807, 2.05) is 34.6 Å². The minimum absolute atomic E-state index is 0.416. The van der Waals surface area contributed by atoms with E-state index in [2.05, 4.69) is 44.7 Å². The van der Waals surface area contributed by atoms with Gasteiger partial charge in [0.25, 0.3) is 0 Å². The molecule has 0 bridgehead atoms. The number of amides is 1. The van der Waals surface area contributed by atoms with E-state index < -0.39 is 17.2 Å².